The summed E-state index contributed by atoms with van der Waals surface area (Å²) in [6.07, 6.45) is 1.52. The number of para-hydroxylation sites is 1. The van der Waals surface area contributed by atoms with E-state index in [1.54, 1.807) is 6.92 Å². The zero-order chi connectivity index (χ0) is 23.9. The molecule has 1 spiro atoms. The first-order valence-corrected chi connectivity index (χ1v) is 12.8. The molecule has 0 aromatic heterocycles. The lowest BCUT2D eigenvalue weighted by Gasteiger charge is -2.46. The van der Waals surface area contributed by atoms with Crippen LogP contribution in [0.4, 0.5) is 11.4 Å². The molecule has 2 aliphatic rings. The summed E-state index contributed by atoms with van der Waals surface area (Å²) in [5, 5.41) is 14.6. The summed E-state index contributed by atoms with van der Waals surface area (Å²) in [7, 11) is 0. The van der Waals surface area contributed by atoms with Crippen molar-refractivity contribution in [1.82, 2.24) is 0 Å². The molecule has 0 unspecified atom stereocenters. The Labute approximate surface area is 212 Å². The number of rotatable bonds is 4. The molecule has 3 aromatic rings. The average molecular weight is 533 g/mol. The number of ketones is 1. The molecule has 7 heteroatoms. The van der Waals surface area contributed by atoms with Crippen LogP contribution in [0.15, 0.2) is 87.5 Å². The molecule has 0 bridgehead atoms. The Bertz CT molecular complexity index is 1310. The summed E-state index contributed by atoms with van der Waals surface area (Å²) < 4.78 is 0.992. The molecule has 5 rings (SSSR count). The maximum atomic E-state index is 12.5. The van der Waals surface area contributed by atoms with Crippen LogP contribution in [-0.2, 0) is 4.79 Å². The van der Waals surface area contributed by atoms with Gasteiger partial charge in [0, 0.05) is 23.4 Å². The van der Waals surface area contributed by atoms with Gasteiger partial charge < -0.3 is 0 Å². The van der Waals surface area contributed by atoms with Crippen LogP contribution in [0.2, 0.25) is 0 Å². The van der Waals surface area contributed by atoms with Crippen molar-refractivity contribution in [2.45, 2.75) is 38.6 Å². The van der Waals surface area contributed by atoms with Crippen molar-refractivity contribution in [3.05, 3.63) is 94.0 Å². The second-order valence-electron chi connectivity index (χ2n) is 8.61. The van der Waals surface area contributed by atoms with E-state index in [0.29, 0.717) is 5.04 Å². The van der Waals surface area contributed by atoms with Gasteiger partial charge in [-0.25, -0.2) is 10.0 Å². The third-order valence-electron chi connectivity index (χ3n) is 6.10. The number of carbonyl (C=O) groups excluding carboxylic acids is 1. The minimum absolute atomic E-state index is 0.0405. The highest BCUT2D eigenvalue weighted by Crippen LogP contribution is 2.50. The second-order valence-corrected chi connectivity index (χ2v) is 10.8. The summed E-state index contributed by atoms with van der Waals surface area (Å²) in [5.74, 6) is -0.0405. The fourth-order valence-electron chi connectivity index (χ4n) is 4.36. The highest BCUT2D eigenvalue weighted by molar-refractivity contribution is 9.10. The number of carbonyl (C=O) groups is 1. The molecule has 0 fully saturated rings. The molecule has 0 saturated carbocycles. The quantitative estimate of drug-likeness (QED) is 0.367. The second kappa shape index (κ2) is 9.04. The van der Waals surface area contributed by atoms with Gasteiger partial charge in [0.05, 0.1) is 17.1 Å². The van der Waals surface area contributed by atoms with Gasteiger partial charge in [-0.3, -0.25) is 4.79 Å². The number of nitrogens with zero attached hydrogens (tertiary/aromatic N) is 4. The number of Topliss-reactive ketones (excluding diaryl/α,β-unsaturated/α-hetero) is 1. The van der Waals surface area contributed by atoms with Crippen molar-refractivity contribution in [1.29, 1.82) is 0 Å². The van der Waals surface area contributed by atoms with Crippen molar-refractivity contribution in [3.8, 4) is 0 Å². The average Bonchev–Trinajstić information content (AvgIpc) is 3.22. The van der Waals surface area contributed by atoms with Crippen LogP contribution >= 0.6 is 27.7 Å². The van der Waals surface area contributed by atoms with E-state index < -0.39 is 4.99 Å². The maximum absolute atomic E-state index is 12.5. The summed E-state index contributed by atoms with van der Waals surface area (Å²) >= 11 is 5.02. The monoisotopic (exact) mass is 532 g/mol. The Hall–Kier alpha value is -2.90. The molecular formula is C27H25BrN4OS. The standard InChI is InChI=1S/C27H25BrN4OS/c1-18-9-10-19(2)24(17-18)25-15-16-27(31(29-25)22-7-5-4-6-8-22)32(30-26(34-27)20(3)33)23-13-11-21(28)12-14-23/h4-14,17H,15-16H2,1-3H3/t27-/m0/s1. The highest BCUT2D eigenvalue weighted by atomic mass is 79.9. The zero-order valence-corrected chi connectivity index (χ0v) is 21.7. The van der Waals surface area contributed by atoms with Crippen molar-refractivity contribution < 1.29 is 4.79 Å². The van der Waals surface area contributed by atoms with Gasteiger partial charge >= 0.3 is 0 Å². The predicted octanol–water partition coefficient (Wildman–Crippen LogP) is 6.88. The Kier molecular flexibility index (Phi) is 6.08. The molecule has 172 valence electrons. The summed E-state index contributed by atoms with van der Waals surface area (Å²) in [6.45, 7) is 5.81. The Balaban J connectivity index is 1.68. The minimum atomic E-state index is -0.683. The van der Waals surface area contributed by atoms with Crippen molar-refractivity contribution in [3.63, 3.8) is 0 Å². The van der Waals surface area contributed by atoms with E-state index in [0.717, 1.165) is 34.4 Å². The first-order chi connectivity index (χ1) is 16.4. The number of thioether (sulfide) groups is 1. The van der Waals surface area contributed by atoms with E-state index in [4.69, 9.17) is 10.2 Å². The molecule has 1 atom stereocenters. The Morgan fingerprint density at radius 2 is 1.62 bits per heavy atom. The molecule has 5 nitrogen and oxygen atoms in total. The lowest BCUT2D eigenvalue weighted by molar-refractivity contribution is -0.110. The molecule has 34 heavy (non-hydrogen) atoms. The van der Waals surface area contributed by atoms with E-state index in [1.807, 2.05) is 47.5 Å². The smallest absolute Gasteiger partial charge is 0.208 e. The van der Waals surface area contributed by atoms with Gasteiger partial charge in [-0.05, 0) is 80.1 Å². The summed E-state index contributed by atoms with van der Waals surface area (Å²) in [6, 6.07) is 24.7. The Morgan fingerprint density at radius 3 is 2.32 bits per heavy atom. The van der Waals surface area contributed by atoms with E-state index in [9.17, 15) is 4.79 Å². The van der Waals surface area contributed by atoms with Crippen LogP contribution < -0.4 is 10.0 Å². The van der Waals surface area contributed by atoms with Crippen molar-refractivity contribution >= 4 is 55.6 Å². The van der Waals surface area contributed by atoms with E-state index in [1.165, 1.54) is 28.5 Å². The normalized spacial score (nSPS) is 19.9. The number of halogens is 1. The molecule has 0 N–H and O–H groups in total. The van der Waals surface area contributed by atoms with E-state index in [2.05, 4.69) is 65.1 Å². The fraction of sp³-hybridized carbons (Fsp3) is 0.222. The molecular weight excluding hydrogens is 508 g/mol. The first-order valence-electron chi connectivity index (χ1n) is 11.2. The molecule has 0 aliphatic carbocycles. The number of benzene rings is 3. The van der Waals surface area contributed by atoms with Gasteiger partial charge in [0.25, 0.3) is 0 Å². The summed E-state index contributed by atoms with van der Waals surface area (Å²) in [4.78, 5) is 11.8. The molecule has 0 saturated heterocycles. The molecule has 2 aliphatic heterocycles. The van der Waals surface area contributed by atoms with E-state index >= 15 is 0 Å². The number of aryl methyl sites for hydroxylation is 2. The van der Waals surface area contributed by atoms with Crippen LogP contribution in [-0.4, -0.2) is 21.5 Å². The molecule has 0 amide bonds. The van der Waals surface area contributed by atoms with Crippen molar-refractivity contribution in [2.75, 3.05) is 10.0 Å². The van der Waals surface area contributed by atoms with Crippen LogP contribution in [0.3, 0.4) is 0 Å². The third kappa shape index (κ3) is 4.07. The van der Waals surface area contributed by atoms with Gasteiger partial charge in [0.2, 0.25) is 4.99 Å². The predicted molar refractivity (Wildman–Crippen MR) is 146 cm³/mol. The van der Waals surface area contributed by atoms with Crippen LogP contribution in [0, 0.1) is 13.8 Å². The van der Waals surface area contributed by atoms with Crippen LogP contribution in [0.1, 0.15) is 36.5 Å². The first kappa shape index (κ1) is 22.9. The third-order valence-corrected chi connectivity index (χ3v) is 8.07. The molecule has 2 heterocycles. The van der Waals surface area contributed by atoms with Crippen molar-refractivity contribution in [2.24, 2.45) is 10.2 Å². The fourth-order valence-corrected chi connectivity index (χ4v) is 5.87. The van der Waals surface area contributed by atoms with Gasteiger partial charge in [-0.15, -0.1) is 0 Å². The maximum Gasteiger partial charge on any atom is 0.208 e. The lowest BCUT2D eigenvalue weighted by Crippen LogP contribution is -2.56. The van der Waals surface area contributed by atoms with Gasteiger partial charge in [-0.2, -0.15) is 10.2 Å². The van der Waals surface area contributed by atoms with Crippen LogP contribution in [0.5, 0.6) is 0 Å². The number of hydrazone groups is 2. The number of anilines is 2. The molecule has 0 radical (unpaired) electrons. The largest absolute Gasteiger partial charge is 0.292 e. The van der Waals surface area contributed by atoms with Crippen LogP contribution in [0.25, 0.3) is 0 Å². The SMILES string of the molecule is CC(=O)C1=NN(c2ccc(Br)cc2)[C@@]2(CCC(c3cc(C)ccc3C)=NN2c2ccccc2)S1. The Morgan fingerprint density at radius 1 is 0.941 bits per heavy atom. The van der Waals surface area contributed by atoms with E-state index in [-0.39, 0.29) is 5.78 Å². The molecule has 3 aromatic carbocycles. The van der Waals surface area contributed by atoms with Gasteiger partial charge in [0.1, 0.15) is 0 Å². The zero-order valence-electron chi connectivity index (χ0n) is 19.3. The highest BCUT2D eigenvalue weighted by Gasteiger charge is 2.52. The van der Waals surface area contributed by atoms with Gasteiger partial charge in [0.15, 0.2) is 10.8 Å². The summed E-state index contributed by atoms with van der Waals surface area (Å²) in [5.41, 5.74) is 6.50. The lowest BCUT2D eigenvalue weighted by atomic mass is 9.96. The number of hydrogen-bond acceptors (Lipinski definition) is 6. The number of hydrogen-bond donors (Lipinski definition) is 0. The van der Waals surface area contributed by atoms with Gasteiger partial charge in [-0.1, -0.05) is 51.8 Å². The minimum Gasteiger partial charge on any atom is -0.292 e. The topological polar surface area (TPSA) is 48.3 Å².